The minimum absolute atomic E-state index is 0.110. The van der Waals surface area contributed by atoms with Gasteiger partial charge in [-0.2, -0.15) is 13.2 Å². The number of halogens is 4. The first kappa shape index (κ1) is 22.6. The maximum Gasteiger partial charge on any atom is 0.416 e. The maximum atomic E-state index is 13.4. The zero-order valence-corrected chi connectivity index (χ0v) is 17.2. The van der Waals surface area contributed by atoms with Crippen molar-refractivity contribution < 1.29 is 31.5 Å². The lowest BCUT2D eigenvalue weighted by atomic mass is 10.2. The molecule has 0 aliphatic heterocycles. The zero-order valence-electron chi connectivity index (χ0n) is 15.7. The molecule has 162 valence electrons. The molecule has 10 heteroatoms. The Labute approximate surface area is 181 Å². The van der Waals surface area contributed by atoms with Gasteiger partial charge in [-0.3, -0.25) is 4.31 Å². The lowest BCUT2D eigenvalue weighted by Gasteiger charge is -2.26. The Kier molecular flexibility index (Phi) is 6.28. The van der Waals surface area contributed by atoms with Crippen molar-refractivity contribution in [3.05, 3.63) is 94.5 Å². The highest BCUT2D eigenvalue weighted by atomic mass is 35.5. The van der Waals surface area contributed by atoms with Crippen LogP contribution in [0.3, 0.4) is 0 Å². The van der Waals surface area contributed by atoms with Gasteiger partial charge in [0.2, 0.25) is 0 Å². The number of carboxylic acids is 1. The summed E-state index contributed by atoms with van der Waals surface area (Å²) in [5.41, 5.74) is -0.685. The maximum absolute atomic E-state index is 13.4. The summed E-state index contributed by atoms with van der Waals surface area (Å²) in [5, 5.41) is 8.63. The van der Waals surface area contributed by atoms with E-state index in [1.54, 1.807) is 30.3 Å². The van der Waals surface area contributed by atoms with E-state index in [2.05, 4.69) is 0 Å². The van der Waals surface area contributed by atoms with Crippen LogP contribution in [0.4, 0.5) is 18.9 Å². The van der Waals surface area contributed by atoms with Gasteiger partial charge in [-0.15, -0.1) is 0 Å². The summed E-state index contributed by atoms with van der Waals surface area (Å²) in [6.45, 7) is -0.199. The number of rotatable bonds is 6. The van der Waals surface area contributed by atoms with Gasteiger partial charge in [-0.25, -0.2) is 13.2 Å². The number of aromatic carboxylic acids is 1. The molecule has 3 aromatic rings. The van der Waals surface area contributed by atoms with Crippen LogP contribution in [0, 0.1) is 0 Å². The molecule has 0 saturated heterocycles. The van der Waals surface area contributed by atoms with Gasteiger partial charge in [0.15, 0.2) is 0 Å². The number of hydrogen-bond acceptors (Lipinski definition) is 3. The molecule has 31 heavy (non-hydrogen) atoms. The normalized spacial score (nSPS) is 11.9. The van der Waals surface area contributed by atoms with Gasteiger partial charge < -0.3 is 5.11 Å². The van der Waals surface area contributed by atoms with Crippen LogP contribution in [-0.2, 0) is 22.7 Å². The van der Waals surface area contributed by atoms with Gasteiger partial charge in [0.05, 0.1) is 33.3 Å². The van der Waals surface area contributed by atoms with Crippen LogP contribution in [0.15, 0.2) is 77.7 Å². The molecular weight excluding hydrogens is 455 g/mol. The predicted octanol–water partition coefficient (Wildman–Crippen LogP) is 5.45. The van der Waals surface area contributed by atoms with Gasteiger partial charge in [-0.1, -0.05) is 41.9 Å². The second-order valence-electron chi connectivity index (χ2n) is 6.49. The van der Waals surface area contributed by atoms with Crippen molar-refractivity contribution in [1.82, 2.24) is 0 Å². The molecule has 1 N–H and O–H groups in total. The Bertz CT molecular complexity index is 1200. The summed E-state index contributed by atoms with van der Waals surface area (Å²) in [4.78, 5) is 10.8. The number of carbonyl (C=O) groups is 1. The zero-order chi connectivity index (χ0) is 22.8. The molecule has 0 aliphatic rings. The van der Waals surface area contributed by atoms with E-state index in [1.165, 1.54) is 0 Å². The summed E-state index contributed by atoms with van der Waals surface area (Å²) >= 11 is 6.07. The van der Waals surface area contributed by atoms with E-state index in [1.807, 2.05) is 0 Å². The summed E-state index contributed by atoms with van der Waals surface area (Å²) in [6, 6.07) is 15.3. The molecule has 0 aliphatic carbocycles. The van der Waals surface area contributed by atoms with Crippen LogP contribution in [0.25, 0.3) is 0 Å². The Morgan fingerprint density at radius 2 is 1.58 bits per heavy atom. The highest BCUT2D eigenvalue weighted by Gasteiger charge is 2.33. The molecule has 0 unspecified atom stereocenters. The molecule has 0 atom stereocenters. The number of sulfonamides is 1. The van der Waals surface area contributed by atoms with E-state index in [9.17, 15) is 26.4 Å². The smallest absolute Gasteiger partial charge is 0.416 e. The first-order chi connectivity index (χ1) is 14.5. The number of anilines is 1. The van der Waals surface area contributed by atoms with Gasteiger partial charge in [0.25, 0.3) is 10.0 Å². The minimum atomic E-state index is -4.64. The quantitative estimate of drug-likeness (QED) is 0.520. The molecule has 3 aromatic carbocycles. The second-order valence-corrected chi connectivity index (χ2v) is 8.76. The Morgan fingerprint density at radius 1 is 0.968 bits per heavy atom. The molecule has 0 aromatic heterocycles. The largest absolute Gasteiger partial charge is 0.478 e. The highest BCUT2D eigenvalue weighted by Crippen LogP contribution is 2.37. The highest BCUT2D eigenvalue weighted by molar-refractivity contribution is 7.92. The standard InChI is InChI=1S/C21H15ClF3NO4S/c22-18-12-16(21(23,24)25)8-11-19(18)26(13-14-4-2-1-3-5-14)31(29,30)17-9-6-15(7-10-17)20(27)28/h1-12H,13H2,(H,27,28). The third-order valence-electron chi connectivity index (χ3n) is 4.40. The first-order valence-corrected chi connectivity index (χ1v) is 10.6. The van der Waals surface area contributed by atoms with Crippen LogP contribution in [0.1, 0.15) is 21.5 Å². The van der Waals surface area contributed by atoms with Crippen molar-refractivity contribution in [3.8, 4) is 0 Å². The fourth-order valence-electron chi connectivity index (χ4n) is 2.83. The van der Waals surface area contributed by atoms with Crippen molar-refractivity contribution in [2.45, 2.75) is 17.6 Å². The van der Waals surface area contributed by atoms with Crippen molar-refractivity contribution in [3.63, 3.8) is 0 Å². The van der Waals surface area contributed by atoms with Crippen molar-refractivity contribution in [2.24, 2.45) is 0 Å². The molecule has 0 radical (unpaired) electrons. The summed E-state index contributed by atoms with van der Waals surface area (Å²) in [5.74, 6) is -1.23. The van der Waals surface area contributed by atoms with Crippen molar-refractivity contribution in [2.75, 3.05) is 4.31 Å². The topological polar surface area (TPSA) is 74.7 Å². The molecule has 3 rings (SSSR count). The Balaban J connectivity index is 2.11. The van der Waals surface area contributed by atoms with Gasteiger partial charge >= 0.3 is 12.1 Å². The fraction of sp³-hybridized carbons (Fsp3) is 0.0952. The van der Waals surface area contributed by atoms with Crippen LogP contribution in [-0.4, -0.2) is 19.5 Å². The molecule has 0 amide bonds. The van der Waals surface area contributed by atoms with Gasteiger partial charge in [0.1, 0.15) is 0 Å². The Hall–Kier alpha value is -3.04. The third kappa shape index (κ3) is 5.00. The molecule has 0 spiro atoms. The summed E-state index contributed by atoms with van der Waals surface area (Å²) < 4.78 is 66.6. The number of benzene rings is 3. The van der Waals surface area contributed by atoms with E-state index in [0.29, 0.717) is 11.6 Å². The van der Waals surface area contributed by atoms with E-state index in [4.69, 9.17) is 16.7 Å². The number of hydrogen-bond donors (Lipinski definition) is 1. The predicted molar refractivity (Wildman–Crippen MR) is 110 cm³/mol. The minimum Gasteiger partial charge on any atom is -0.478 e. The van der Waals surface area contributed by atoms with Crippen LogP contribution in [0.5, 0.6) is 0 Å². The first-order valence-electron chi connectivity index (χ1n) is 8.77. The van der Waals surface area contributed by atoms with Crippen LogP contribution in [0.2, 0.25) is 5.02 Å². The summed E-state index contributed by atoms with van der Waals surface area (Å²) in [7, 11) is -4.29. The second kappa shape index (κ2) is 8.60. The monoisotopic (exact) mass is 469 g/mol. The van der Waals surface area contributed by atoms with E-state index < -0.39 is 32.8 Å². The van der Waals surface area contributed by atoms with E-state index >= 15 is 0 Å². The summed E-state index contributed by atoms with van der Waals surface area (Å²) in [6.07, 6.45) is -4.64. The average molecular weight is 470 g/mol. The third-order valence-corrected chi connectivity index (χ3v) is 6.48. The number of alkyl halides is 3. The Morgan fingerprint density at radius 3 is 2.10 bits per heavy atom. The van der Waals surface area contributed by atoms with E-state index in [0.717, 1.165) is 40.7 Å². The lowest BCUT2D eigenvalue weighted by molar-refractivity contribution is -0.137. The number of carboxylic acid groups (broad SMARTS) is 1. The van der Waals surface area contributed by atoms with Crippen LogP contribution >= 0.6 is 11.6 Å². The average Bonchev–Trinajstić information content (AvgIpc) is 2.72. The van der Waals surface area contributed by atoms with Crippen LogP contribution < -0.4 is 4.31 Å². The fourth-order valence-corrected chi connectivity index (χ4v) is 4.64. The molecule has 0 saturated carbocycles. The van der Waals surface area contributed by atoms with Crippen molar-refractivity contribution in [1.29, 1.82) is 0 Å². The molecule has 0 bridgehead atoms. The van der Waals surface area contributed by atoms with Gasteiger partial charge in [0, 0.05) is 0 Å². The molecular formula is C21H15ClF3NO4S. The SMILES string of the molecule is O=C(O)c1ccc(S(=O)(=O)N(Cc2ccccc2)c2ccc(C(F)(F)F)cc2Cl)cc1. The molecule has 5 nitrogen and oxygen atoms in total. The van der Waals surface area contributed by atoms with Crippen molar-refractivity contribution >= 4 is 33.3 Å². The lowest BCUT2D eigenvalue weighted by Crippen LogP contribution is -2.31. The molecule has 0 heterocycles. The molecule has 0 fully saturated rings. The van der Waals surface area contributed by atoms with Gasteiger partial charge in [-0.05, 0) is 48.0 Å². The number of nitrogens with zero attached hydrogens (tertiary/aromatic N) is 1. The van der Waals surface area contributed by atoms with E-state index in [-0.39, 0.29) is 22.7 Å².